The monoisotopic (exact) mass is 744 g/mol. The van der Waals surface area contributed by atoms with Crippen molar-refractivity contribution in [2.24, 2.45) is 5.73 Å². The van der Waals surface area contributed by atoms with Gasteiger partial charge < -0.3 is 20.1 Å². The quantitative estimate of drug-likeness (QED) is 0.0275. The van der Waals surface area contributed by atoms with Crippen LogP contribution < -0.4 is 5.73 Å². The van der Waals surface area contributed by atoms with E-state index in [2.05, 4.69) is 38.2 Å². The fourth-order valence-electron chi connectivity index (χ4n) is 5.97. The SMILES string of the molecule is CCCCCCC/C=C\C/C=C\CCCCCCCCCCCCOCC(COP(=O)(O)OCCN)OC(=O)CCCCCCCCCCCC. The van der Waals surface area contributed by atoms with Gasteiger partial charge in [-0.05, 0) is 44.9 Å². The summed E-state index contributed by atoms with van der Waals surface area (Å²) in [7, 11) is -4.27. The summed E-state index contributed by atoms with van der Waals surface area (Å²) in [6.07, 6.45) is 43.4. The number of phosphoric ester groups is 1. The minimum atomic E-state index is -4.27. The molecule has 8 nitrogen and oxygen atoms in total. The van der Waals surface area contributed by atoms with Gasteiger partial charge in [0.1, 0.15) is 6.10 Å². The standard InChI is InChI=1S/C42H82NO7P/c1-3-5-7-9-11-13-15-16-17-18-19-20-21-22-23-24-25-26-28-30-32-34-37-47-39-41(40-49-51(45,46)48-38-36-43)50-42(44)35-33-31-29-27-14-12-10-8-6-4-2/h15-16,18-19,41H,3-14,17,20-40,43H2,1-2H3,(H,45,46)/b16-15-,19-18-. The zero-order valence-electron chi connectivity index (χ0n) is 33.3. The third-order valence-corrected chi connectivity index (χ3v) is 10.1. The Balaban J connectivity index is 3.93. The Hall–Kier alpha value is -1.02. The van der Waals surface area contributed by atoms with Gasteiger partial charge in [0.05, 0.1) is 19.8 Å². The van der Waals surface area contributed by atoms with Gasteiger partial charge in [-0.1, -0.05) is 173 Å². The number of hydrogen-bond acceptors (Lipinski definition) is 7. The van der Waals surface area contributed by atoms with Crippen LogP contribution in [0.4, 0.5) is 0 Å². The molecule has 51 heavy (non-hydrogen) atoms. The fourth-order valence-corrected chi connectivity index (χ4v) is 6.73. The van der Waals surface area contributed by atoms with Gasteiger partial charge in [0, 0.05) is 19.6 Å². The van der Waals surface area contributed by atoms with E-state index in [1.165, 1.54) is 141 Å². The lowest BCUT2D eigenvalue weighted by Crippen LogP contribution is -2.28. The van der Waals surface area contributed by atoms with Crippen molar-refractivity contribution in [2.75, 3.05) is 33.0 Å². The lowest BCUT2D eigenvalue weighted by Gasteiger charge is -2.20. The van der Waals surface area contributed by atoms with Crippen LogP contribution in [0.3, 0.4) is 0 Å². The summed E-state index contributed by atoms with van der Waals surface area (Å²) in [4.78, 5) is 22.4. The molecule has 0 bridgehead atoms. The molecule has 0 aromatic rings. The summed E-state index contributed by atoms with van der Waals surface area (Å²) in [5, 5.41) is 0. The highest BCUT2D eigenvalue weighted by Gasteiger charge is 2.25. The number of esters is 1. The third kappa shape index (κ3) is 40.0. The van der Waals surface area contributed by atoms with E-state index in [0.717, 1.165) is 38.5 Å². The summed E-state index contributed by atoms with van der Waals surface area (Å²) in [6.45, 7) is 4.91. The molecule has 0 aromatic heterocycles. The number of allylic oxidation sites excluding steroid dienone is 4. The molecule has 0 aromatic carbocycles. The van der Waals surface area contributed by atoms with Gasteiger partial charge in [-0.2, -0.15) is 0 Å². The van der Waals surface area contributed by atoms with Crippen molar-refractivity contribution in [3.8, 4) is 0 Å². The molecule has 0 spiro atoms. The van der Waals surface area contributed by atoms with Gasteiger partial charge in [-0.25, -0.2) is 4.57 Å². The van der Waals surface area contributed by atoms with E-state index >= 15 is 0 Å². The average Bonchev–Trinajstić information content (AvgIpc) is 3.12. The molecule has 0 rings (SSSR count). The number of hydrogen-bond donors (Lipinski definition) is 2. The van der Waals surface area contributed by atoms with Crippen molar-refractivity contribution in [1.82, 2.24) is 0 Å². The van der Waals surface area contributed by atoms with E-state index in [1.54, 1.807) is 0 Å². The van der Waals surface area contributed by atoms with Crippen molar-refractivity contribution < 1.29 is 32.8 Å². The maximum Gasteiger partial charge on any atom is 0.472 e. The molecule has 0 aliphatic heterocycles. The van der Waals surface area contributed by atoms with Crippen molar-refractivity contribution >= 4 is 13.8 Å². The van der Waals surface area contributed by atoms with Gasteiger partial charge in [0.25, 0.3) is 0 Å². The minimum absolute atomic E-state index is 0.0941. The van der Waals surface area contributed by atoms with E-state index in [-0.39, 0.29) is 32.3 Å². The van der Waals surface area contributed by atoms with E-state index in [4.69, 9.17) is 24.3 Å². The van der Waals surface area contributed by atoms with Crippen LogP contribution in [-0.2, 0) is 27.9 Å². The molecule has 2 unspecified atom stereocenters. The Labute approximate surface area is 315 Å². The van der Waals surface area contributed by atoms with Crippen LogP contribution >= 0.6 is 7.82 Å². The smallest absolute Gasteiger partial charge is 0.457 e. The van der Waals surface area contributed by atoms with Crippen LogP contribution in [0.15, 0.2) is 24.3 Å². The second-order valence-corrected chi connectivity index (χ2v) is 15.7. The molecular weight excluding hydrogens is 661 g/mol. The molecule has 0 radical (unpaired) electrons. The average molecular weight is 744 g/mol. The Bertz CT molecular complexity index is 838. The first-order chi connectivity index (χ1) is 24.9. The molecule has 0 heterocycles. The first kappa shape index (κ1) is 50.0. The second kappa shape index (κ2) is 40.2. The minimum Gasteiger partial charge on any atom is -0.457 e. The molecule has 2 atom stereocenters. The molecular formula is C42H82NO7P. The molecule has 0 fully saturated rings. The number of ether oxygens (including phenoxy) is 2. The topological polar surface area (TPSA) is 117 Å². The Kier molecular flexibility index (Phi) is 39.4. The first-order valence-corrected chi connectivity index (χ1v) is 22.8. The molecule has 9 heteroatoms. The van der Waals surface area contributed by atoms with Crippen LogP contribution in [0.2, 0.25) is 0 Å². The second-order valence-electron chi connectivity index (χ2n) is 14.2. The number of unbranched alkanes of at least 4 members (excludes halogenated alkanes) is 24. The normalized spacial score (nSPS) is 13.7. The Morgan fingerprint density at radius 3 is 1.53 bits per heavy atom. The highest BCUT2D eigenvalue weighted by atomic mass is 31.2. The van der Waals surface area contributed by atoms with Crippen LogP contribution in [0.5, 0.6) is 0 Å². The van der Waals surface area contributed by atoms with E-state index in [9.17, 15) is 14.3 Å². The van der Waals surface area contributed by atoms with Crippen molar-refractivity contribution in [3.63, 3.8) is 0 Å². The first-order valence-electron chi connectivity index (χ1n) is 21.3. The maximum absolute atomic E-state index is 12.5. The van der Waals surface area contributed by atoms with Gasteiger partial charge in [0.2, 0.25) is 0 Å². The number of rotatable bonds is 41. The summed E-state index contributed by atoms with van der Waals surface area (Å²) < 4.78 is 33.3. The van der Waals surface area contributed by atoms with E-state index in [0.29, 0.717) is 13.0 Å². The highest BCUT2D eigenvalue weighted by Crippen LogP contribution is 2.43. The van der Waals surface area contributed by atoms with Crippen LogP contribution in [0.1, 0.15) is 200 Å². The summed E-state index contributed by atoms with van der Waals surface area (Å²) in [5.74, 6) is -0.332. The van der Waals surface area contributed by atoms with Crippen LogP contribution in [-0.4, -0.2) is 49.9 Å². The lowest BCUT2D eigenvalue weighted by atomic mass is 10.1. The zero-order valence-corrected chi connectivity index (χ0v) is 34.2. The van der Waals surface area contributed by atoms with E-state index in [1.807, 2.05) is 0 Å². The predicted molar refractivity (Wildman–Crippen MR) is 215 cm³/mol. The molecule has 302 valence electrons. The summed E-state index contributed by atoms with van der Waals surface area (Å²) in [6, 6.07) is 0. The van der Waals surface area contributed by atoms with Crippen molar-refractivity contribution in [3.05, 3.63) is 24.3 Å². The number of nitrogens with two attached hydrogens (primary N) is 1. The largest absolute Gasteiger partial charge is 0.472 e. The molecule has 0 aliphatic rings. The Morgan fingerprint density at radius 1 is 0.588 bits per heavy atom. The summed E-state index contributed by atoms with van der Waals surface area (Å²) >= 11 is 0. The predicted octanol–water partition coefficient (Wildman–Crippen LogP) is 12.5. The number of carbonyl (C=O) groups is 1. The fraction of sp³-hybridized carbons (Fsp3) is 0.881. The molecule has 0 saturated heterocycles. The van der Waals surface area contributed by atoms with E-state index < -0.39 is 13.9 Å². The Morgan fingerprint density at radius 2 is 1.04 bits per heavy atom. The van der Waals surface area contributed by atoms with Crippen LogP contribution in [0, 0.1) is 0 Å². The van der Waals surface area contributed by atoms with Gasteiger partial charge in [0.15, 0.2) is 0 Å². The number of phosphoric acid groups is 1. The molecule has 0 saturated carbocycles. The van der Waals surface area contributed by atoms with Gasteiger partial charge in [-0.3, -0.25) is 13.8 Å². The summed E-state index contributed by atoms with van der Waals surface area (Å²) in [5.41, 5.74) is 5.36. The molecule has 0 amide bonds. The molecule has 3 N–H and O–H groups in total. The van der Waals surface area contributed by atoms with Gasteiger partial charge >= 0.3 is 13.8 Å². The molecule has 0 aliphatic carbocycles. The van der Waals surface area contributed by atoms with Crippen molar-refractivity contribution in [1.29, 1.82) is 0 Å². The third-order valence-electron chi connectivity index (χ3n) is 9.12. The number of carbonyl (C=O) groups excluding carboxylic acids is 1. The maximum atomic E-state index is 12.5. The lowest BCUT2D eigenvalue weighted by molar-refractivity contribution is -0.154. The van der Waals surface area contributed by atoms with Gasteiger partial charge in [-0.15, -0.1) is 0 Å². The van der Waals surface area contributed by atoms with Crippen molar-refractivity contribution in [2.45, 2.75) is 206 Å². The van der Waals surface area contributed by atoms with Crippen LogP contribution in [0.25, 0.3) is 0 Å². The zero-order chi connectivity index (χ0) is 37.4. The highest BCUT2D eigenvalue weighted by molar-refractivity contribution is 7.47.